The average Bonchev–Trinajstić information content (AvgIpc) is 3.18. The molecule has 4 rings (SSSR count). The van der Waals surface area contributed by atoms with Gasteiger partial charge in [0, 0.05) is 11.6 Å². The number of allylic oxidation sites excluding steroid dienone is 1. The van der Waals surface area contributed by atoms with Crippen molar-refractivity contribution in [2.24, 2.45) is 0 Å². The Labute approximate surface area is 202 Å². The first-order valence-corrected chi connectivity index (χ1v) is 10.6. The number of hydrogen-bond acceptors (Lipinski definition) is 8. The van der Waals surface area contributed by atoms with Gasteiger partial charge in [-0.2, -0.15) is 0 Å². The highest BCUT2D eigenvalue weighted by Gasteiger charge is 2.31. The quantitative estimate of drug-likeness (QED) is 0.271. The molecular formula is C27H24O8. The average molecular weight is 476 g/mol. The Hall–Kier alpha value is -4.46. The number of esters is 1. The monoisotopic (exact) mass is 476 g/mol. The number of benzene rings is 3. The van der Waals surface area contributed by atoms with Crippen LogP contribution in [0.1, 0.15) is 31.8 Å². The molecule has 0 spiro atoms. The van der Waals surface area contributed by atoms with Crippen LogP contribution in [-0.4, -0.2) is 40.2 Å². The number of hydrogen-bond donors (Lipinski definition) is 0. The van der Waals surface area contributed by atoms with Crippen LogP contribution in [-0.2, 0) is 0 Å². The maximum Gasteiger partial charge on any atom is 0.343 e. The second-order valence-corrected chi connectivity index (χ2v) is 7.60. The van der Waals surface area contributed by atoms with Gasteiger partial charge in [0.2, 0.25) is 5.78 Å². The summed E-state index contributed by atoms with van der Waals surface area (Å²) >= 11 is 0. The number of ether oxygens (including phenoxy) is 6. The van der Waals surface area contributed by atoms with Crippen LogP contribution < -0.4 is 28.4 Å². The molecule has 35 heavy (non-hydrogen) atoms. The van der Waals surface area contributed by atoms with Crippen molar-refractivity contribution in [1.29, 1.82) is 0 Å². The van der Waals surface area contributed by atoms with Gasteiger partial charge in [-0.15, -0.1) is 0 Å². The highest BCUT2D eigenvalue weighted by atomic mass is 16.5. The second kappa shape index (κ2) is 9.80. The molecule has 1 aliphatic rings. The number of rotatable bonds is 7. The molecule has 0 aliphatic carbocycles. The van der Waals surface area contributed by atoms with Crippen LogP contribution in [0.4, 0.5) is 0 Å². The SMILES string of the molecule is COc1ccc(C(=O)Oc2cc(C)c3c(c2)O/C(=C\c2cccc(OC)c2OC)C3=O)cc1OC. The van der Waals surface area contributed by atoms with Gasteiger partial charge < -0.3 is 28.4 Å². The molecular weight excluding hydrogens is 452 g/mol. The highest BCUT2D eigenvalue weighted by Crippen LogP contribution is 2.39. The molecule has 0 fully saturated rings. The summed E-state index contributed by atoms with van der Waals surface area (Å²) in [5.74, 6) is 1.72. The molecule has 0 unspecified atom stereocenters. The Morgan fingerprint density at radius 2 is 1.60 bits per heavy atom. The molecule has 8 nitrogen and oxygen atoms in total. The third-order valence-electron chi connectivity index (χ3n) is 5.49. The Morgan fingerprint density at radius 3 is 2.29 bits per heavy atom. The summed E-state index contributed by atoms with van der Waals surface area (Å²) in [4.78, 5) is 25.8. The lowest BCUT2D eigenvalue weighted by atomic mass is 10.0. The van der Waals surface area contributed by atoms with E-state index in [1.807, 2.05) is 0 Å². The lowest BCUT2D eigenvalue weighted by Crippen LogP contribution is -2.09. The number of Topliss-reactive ketones (excluding diaryl/α,β-unsaturated/α-hetero) is 1. The van der Waals surface area contributed by atoms with Gasteiger partial charge in [0.1, 0.15) is 11.5 Å². The third kappa shape index (κ3) is 4.50. The van der Waals surface area contributed by atoms with Crippen molar-refractivity contribution in [3.63, 3.8) is 0 Å². The van der Waals surface area contributed by atoms with Crippen LogP contribution in [0.3, 0.4) is 0 Å². The fourth-order valence-corrected chi connectivity index (χ4v) is 3.83. The molecule has 3 aromatic rings. The van der Waals surface area contributed by atoms with E-state index in [0.29, 0.717) is 45.4 Å². The maximum absolute atomic E-state index is 13.1. The van der Waals surface area contributed by atoms with Gasteiger partial charge in [-0.25, -0.2) is 4.79 Å². The molecule has 0 aromatic heterocycles. The maximum atomic E-state index is 13.1. The van der Waals surface area contributed by atoms with Crippen molar-refractivity contribution in [1.82, 2.24) is 0 Å². The molecule has 0 bridgehead atoms. The Bertz CT molecular complexity index is 1340. The summed E-state index contributed by atoms with van der Waals surface area (Å²) in [6, 6.07) is 13.2. The Balaban J connectivity index is 1.61. The van der Waals surface area contributed by atoms with E-state index in [1.165, 1.54) is 40.6 Å². The fourth-order valence-electron chi connectivity index (χ4n) is 3.83. The number of methoxy groups -OCH3 is 4. The Kier molecular flexibility index (Phi) is 6.64. The van der Waals surface area contributed by atoms with E-state index in [9.17, 15) is 9.59 Å². The predicted octanol–water partition coefficient (Wildman–Crippen LogP) is 4.86. The summed E-state index contributed by atoms with van der Waals surface area (Å²) in [5.41, 5.74) is 1.93. The molecule has 3 aromatic carbocycles. The van der Waals surface area contributed by atoms with Crippen molar-refractivity contribution in [2.75, 3.05) is 28.4 Å². The number of ketones is 1. The molecule has 0 radical (unpaired) electrons. The summed E-state index contributed by atoms with van der Waals surface area (Å²) in [6.45, 7) is 1.75. The molecule has 0 atom stereocenters. The molecule has 0 saturated heterocycles. The molecule has 1 heterocycles. The van der Waals surface area contributed by atoms with Crippen molar-refractivity contribution >= 4 is 17.8 Å². The lowest BCUT2D eigenvalue weighted by molar-refractivity contribution is 0.0734. The highest BCUT2D eigenvalue weighted by molar-refractivity contribution is 6.15. The van der Waals surface area contributed by atoms with Gasteiger partial charge in [-0.3, -0.25) is 4.79 Å². The van der Waals surface area contributed by atoms with Crippen molar-refractivity contribution < 1.29 is 38.0 Å². The molecule has 1 aliphatic heterocycles. The largest absolute Gasteiger partial charge is 0.493 e. The van der Waals surface area contributed by atoms with Crippen molar-refractivity contribution in [2.45, 2.75) is 6.92 Å². The van der Waals surface area contributed by atoms with E-state index >= 15 is 0 Å². The number of carbonyl (C=O) groups excluding carboxylic acids is 2. The first-order chi connectivity index (χ1) is 16.9. The zero-order valence-electron chi connectivity index (χ0n) is 20.0. The van der Waals surface area contributed by atoms with Gasteiger partial charge in [-0.05, 0) is 48.9 Å². The lowest BCUT2D eigenvalue weighted by Gasteiger charge is -2.10. The van der Waals surface area contributed by atoms with Crippen LogP contribution in [0.25, 0.3) is 6.08 Å². The normalized spacial score (nSPS) is 13.2. The summed E-state index contributed by atoms with van der Waals surface area (Å²) < 4.78 is 32.6. The zero-order chi connectivity index (χ0) is 25.1. The van der Waals surface area contributed by atoms with Gasteiger partial charge in [0.15, 0.2) is 28.8 Å². The topological polar surface area (TPSA) is 89.5 Å². The van der Waals surface area contributed by atoms with E-state index in [-0.39, 0.29) is 22.9 Å². The first kappa shape index (κ1) is 23.7. The number of para-hydroxylation sites is 1. The summed E-state index contributed by atoms with van der Waals surface area (Å²) in [7, 11) is 6.06. The molecule has 180 valence electrons. The van der Waals surface area contributed by atoms with Crippen LogP contribution >= 0.6 is 0 Å². The third-order valence-corrected chi connectivity index (χ3v) is 5.49. The van der Waals surface area contributed by atoms with Gasteiger partial charge >= 0.3 is 5.97 Å². The standard InChI is InChI=1S/C27H24O8/c1-15-11-18(34-27(29)17-9-10-19(30-2)21(13-17)32-4)14-22-24(15)25(28)23(35-22)12-16-7-6-8-20(31-3)26(16)33-5/h6-14H,1-5H3/b23-12-. The minimum Gasteiger partial charge on any atom is -0.493 e. The zero-order valence-corrected chi connectivity index (χ0v) is 20.0. The molecule has 0 saturated carbocycles. The van der Waals surface area contributed by atoms with Crippen LogP contribution in [0.2, 0.25) is 0 Å². The summed E-state index contributed by atoms with van der Waals surface area (Å²) in [6.07, 6.45) is 1.60. The predicted molar refractivity (Wildman–Crippen MR) is 128 cm³/mol. The van der Waals surface area contributed by atoms with Gasteiger partial charge in [0.25, 0.3) is 0 Å². The molecule has 0 N–H and O–H groups in total. The van der Waals surface area contributed by atoms with Gasteiger partial charge in [-0.1, -0.05) is 12.1 Å². The molecule has 0 amide bonds. The van der Waals surface area contributed by atoms with Gasteiger partial charge in [0.05, 0.1) is 39.6 Å². The van der Waals surface area contributed by atoms with Crippen molar-refractivity contribution in [3.05, 3.63) is 76.5 Å². The van der Waals surface area contributed by atoms with Crippen molar-refractivity contribution in [3.8, 4) is 34.5 Å². The van der Waals surface area contributed by atoms with E-state index in [4.69, 9.17) is 28.4 Å². The minimum absolute atomic E-state index is 0.123. The number of fused-ring (bicyclic) bond motifs is 1. The van der Waals surface area contributed by atoms with Crippen LogP contribution in [0.15, 0.2) is 54.3 Å². The van der Waals surface area contributed by atoms with Crippen LogP contribution in [0.5, 0.6) is 34.5 Å². The smallest absolute Gasteiger partial charge is 0.343 e. The minimum atomic E-state index is -0.591. The number of aryl methyl sites for hydroxylation is 1. The van der Waals surface area contributed by atoms with E-state index in [1.54, 1.807) is 49.4 Å². The van der Waals surface area contributed by atoms with E-state index < -0.39 is 5.97 Å². The molecule has 8 heteroatoms. The first-order valence-electron chi connectivity index (χ1n) is 10.6. The fraction of sp³-hybridized carbons (Fsp3) is 0.185. The Morgan fingerprint density at radius 1 is 0.857 bits per heavy atom. The summed E-state index contributed by atoms with van der Waals surface area (Å²) in [5, 5.41) is 0. The second-order valence-electron chi connectivity index (χ2n) is 7.60. The van der Waals surface area contributed by atoms with E-state index in [0.717, 1.165) is 0 Å². The van der Waals surface area contributed by atoms with Crippen LogP contribution in [0, 0.1) is 6.92 Å². The van der Waals surface area contributed by atoms with E-state index in [2.05, 4.69) is 0 Å². The number of carbonyl (C=O) groups is 2.